The Hall–Kier alpha value is -1.48. The first-order chi connectivity index (χ1) is 11.8. The molecule has 0 aromatic heterocycles. The van der Waals surface area contributed by atoms with Gasteiger partial charge >= 0.3 is 0 Å². The van der Waals surface area contributed by atoms with Crippen molar-refractivity contribution in [2.45, 2.75) is 49.6 Å². The number of carbonyl (C=O) groups excluding carboxylic acids is 1. The Balaban J connectivity index is 2.17. The van der Waals surface area contributed by atoms with Gasteiger partial charge in [-0.3, -0.25) is 4.79 Å². The smallest absolute Gasteiger partial charge is 0.256 e. The Kier molecular flexibility index (Phi) is 6.56. The number of nitrogens with one attached hydrogen (secondary N) is 3. The number of hydrogen-bond acceptors (Lipinski definition) is 5. The lowest BCUT2D eigenvalue weighted by molar-refractivity contribution is -0.140. The molecule has 1 fully saturated rings. The van der Waals surface area contributed by atoms with E-state index in [1.165, 1.54) is 19.2 Å². The summed E-state index contributed by atoms with van der Waals surface area (Å²) in [6.07, 6.45) is 1.84. The highest BCUT2D eigenvalue weighted by atomic mass is 32.2. The molecule has 0 aliphatic carbocycles. The largest absolute Gasteiger partial charge is 0.368 e. The van der Waals surface area contributed by atoms with Crippen molar-refractivity contribution in [3.63, 3.8) is 0 Å². The summed E-state index contributed by atoms with van der Waals surface area (Å²) < 4.78 is 32.9. The van der Waals surface area contributed by atoms with Crippen molar-refractivity contribution in [3.8, 4) is 0 Å². The fourth-order valence-electron chi connectivity index (χ4n) is 2.76. The first-order valence-electron chi connectivity index (χ1n) is 8.53. The molecule has 0 spiro atoms. The number of piperidine rings is 1. The molecular weight excluding hydrogens is 342 g/mol. The van der Waals surface area contributed by atoms with Crippen LogP contribution in [0.15, 0.2) is 29.2 Å². The van der Waals surface area contributed by atoms with Gasteiger partial charge in [0.05, 0.1) is 4.90 Å². The summed E-state index contributed by atoms with van der Waals surface area (Å²) in [6, 6.07) is 6.10. The molecular formula is C17H27N3O4S. The quantitative estimate of drug-likeness (QED) is 0.676. The molecule has 1 aliphatic heterocycles. The Labute approximate surface area is 149 Å². The van der Waals surface area contributed by atoms with Crippen molar-refractivity contribution in [1.82, 2.24) is 10.0 Å². The molecule has 0 bridgehead atoms. The van der Waals surface area contributed by atoms with E-state index in [1.807, 2.05) is 13.8 Å². The van der Waals surface area contributed by atoms with Crippen molar-refractivity contribution < 1.29 is 17.9 Å². The number of rotatable bonds is 7. The fourth-order valence-corrected chi connectivity index (χ4v) is 4.13. The van der Waals surface area contributed by atoms with Gasteiger partial charge in [-0.25, -0.2) is 13.1 Å². The molecule has 140 valence electrons. The van der Waals surface area contributed by atoms with Crippen LogP contribution in [0.5, 0.6) is 0 Å². The molecule has 7 nitrogen and oxygen atoms in total. The zero-order chi connectivity index (χ0) is 18.5. The molecule has 1 amide bonds. The predicted molar refractivity (Wildman–Crippen MR) is 97.0 cm³/mol. The van der Waals surface area contributed by atoms with E-state index in [2.05, 4.69) is 15.4 Å². The minimum Gasteiger partial charge on any atom is -0.368 e. The summed E-state index contributed by atoms with van der Waals surface area (Å²) in [5.74, 6) is -0.249. The minimum absolute atomic E-state index is 0.127. The normalized spacial score (nSPS) is 18.5. The summed E-state index contributed by atoms with van der Waals surface area (Å²) in [7, 11) is -2.09. The van der Waals surface area contributed by atoms with Crippen LogP contribution in [0.3, 0.4) is 0 Å². The van der Waals surface area contributed by atoms with Gasteiger partial charge in [0.1, 0.15) is 5.60 Å². The summed E-state index contributed by atoms with van der Waals surface area (Å²) in [5, 5.41) is 6.00. The first-order valence-corrected chi connectivity index (χ1v) is 10.0. The first kappa shape index (κ1) is 19.8. The Morgan fingerprint density at radius 1 is 1.36 bits per heavy atom. The number of anilines is 1. The maximum Gasteiger partial charge on any atom is 0.256 e. The summed E-state index contributed by atoms with van der Waals surface area (Å²) in [4.78, 5) is 12.8. The summed E-state index contributed by atoms with van der Waals surface area (Å²) in [5.41, 5.74) is -0.443. The Morgan fingerprint density at radius 2 is 2.04 bits per heavy atom. The zero-order valence-corrected chi connectivity index (χ0v) is 15.8. The Morgan fingerprint density at radius 3 is 2.64 bits per heavy atom. The maximum absolute atomic E-state index is 12.7. The van der Waals surface area contributed by atoms with Crippen molar-refractivity contribution >= 4 is 21.6 Å². The number of benzene rings is 1. The zero-order valence-electron chi connectivity index (χ0n) is 15.0. The van der Waals surface area contributed by atoms with Gasteiger partial charge < -0.3 is 15.4 Å². The minimum atomic E-state index is -3.62. The van der Waals surface area contributed by atoms with Gasteiger partial charge in [-0.2, -0.15) is 0 Å². The highest BCUT2D eigenvalue weighted by Crippen LogP contribution is 2.25. The molecule has 1 aliphatic rings. The van der Waals surface area contributed by atoms with Crippen LogP contribution in [-0.2, 0) is 19.6 Å². The monoisotopic (exact) mass is 369 g/mol. The van der Waals surface area contributed by atoms with E-state index >= 15 is 0 Å². The topological polar surface area (TPSA) is 96.5 Å². The van der Waals surface area contributed by atoms with E-state index in [-0.39, 0.29) is 16.8 Å². The van der Waals surface area contributed by atoms with Gasteiger partial charge in [-0.15, -0.1) is 0 Å². The van der Waals surface area contributed by atoms with Gasteiger partial charge in [-0.1, -0.05) is 13.0 Å². The molecule has 0 saturated carbocycles. The van der Waals surface area contributed by atoms with Crippen LogP contribution in [0.25, 0.3) is 0 Å². The highest BCUT2D eigenvalue weighted by Gasteiger charge is 2.39. The van der Waals surface area contributed by atoms with Crippen LogP contribution >= 0.6 is 0 Å². The summed E-state index contributed by atoms with van der Waals surface area (Å²) in [6.45, 7) is 5.12. The molecule has 2 rings (SSSR count). The third kappa shape index (κ3) is 4.78. The van der Waals surface area contributed by atoms with Crippen LogP contribution in [0.1, 0.15) is 33.1 Å². The van der Waals surface area contributed by atoms with Crippen molar-refractivity contribution in [3.05, 3.63) is 24.3 Å². The van der Waals surface area contributed by atoms with E-state index in [0.29, 0.717) is 38.0 Å². The molecule has 0 radical (unpaired) electrons. The molecule has 1 atom stereocenters. The summed E-state index contributed by atoms with van der Waals surface area (Å²) >= 11 is 0. The lowest BCUT2D eigenvalue weighted by atomic mass is 9.91. The highest BCUT2D eigenvalue weighted by molar-refractivity contribution is 7.89. The third-order valence-electron chi connectivity index (χ3n) is 4.59. The number of hydrogen-bond donors (Lipinski definition) is 3. The van der Waals surface area contributed by atoms with Gasteiger partial charge in [0.15, 0.2) is 0 Å². The van der Waals surface area contributed by atoms with Crippen LogP contribution < -0.4 is 15.4 Å². The van der Waals surface area contributed by atoms with Crippen LogP contribution in [0.2, 0.25) is 0 Å². The van der Waals surface area contributed by atoms with E-state index in [4.69, 9.17) is 4.74 Å². The second-order valence-electron chi connectivity index (χ2n) is 6.36. The number of methoxy groups -OCH3 is 1. The standard InChI is InChI=1S/C17H27N3O4S/c1-4-13(2)20-25(22,23)15-7-5-6-14(12-15)19-16(21)17(24-3)8-10-18-11-9-17/h5-7,12-13,18,20H,4,8-11H2,1-3H3,(H,19,21). The fraction of sp³-hybridized carbons (Fsp3) is 0.588. The maximum atomic E-state index is 12.7. The number of ether oxygens (including phenoxy) is 1. The average molecular weight is 369 g/mol. The molecule has 3 N–H and O–H groups in total. The van der Waals surface area contributed by atoms with E-state index < -0.39 is 15.6 Å². The van der Waals surface area contributed by atoms with Crippen molar-refractivity contribution in [1.29, 1.82) is 0 Å². The average Bonchev–Trinajstić information content (AvgIpc) is 2.62. The third-order valence-corrected chi connectivity index (χ3v) is 6.17. The van der Waals surface area contributed by atoms with Gasteiger partial charge in [0.25, 0.3) is 5.91 Å². The Bertz CT molecular complexity index is 700. The van der Waals surface area contributed by atoms with E-state index in [0.717, 1.165) is 0 Å². The SMILES string of the molecule is CCC(C)NS(=O)(=O)c1cccc(NC(=O)C2(OC)CCNCC2)c1. The van der Waals surface area contributed by atoms with E-state index in [1.54, 1.807) is 12.1 Å². The van der Waals surface area contributed by atoms with Crippen LogP contribution in [0.4, 0.5) is 5.69 Å². The molecule has 1 saturated heterocycles. The van der Waals surface area contributed by atoms with Gasteiger partial charge in [-0.05, 0) is 57.5 Å². The number of amides is 1. The van der Waals surface area contributed by atoms with E-state index in [9.17, 15) is 13.2 Å². The van der Waals surface area contributed by atoms with Gasteiger partial charge in [0, 0.05) is 18.8 Å². The molecule has 1 unspecified atom stereocenters. The molecule has 8 heteroatoms. The van der Waals surface area contributed by atoms with Crippen molar-refractivity contribution in [2.75, 3.05) is 25.5 Å². The van der Waals surface area contributed by atoms with Crippen LogP contribution in [0, 0.1) is 0 Å². The lowest BCUT2D eigenvalue weighted by Crippen LogP contribution is -2.51. The molecule has 1 aromatic rings. The molecule has 1 aromatic carbocycles. The lowest BCUT2D eigenvalue weighted by Gasteiger charge is -2.34. The van der Waals surface area contributed by atoms with Gasteiger partial charge in [0.2, 0.25) is 10.0 Å². The predicted octanol–water partition coefficient (Wildman–Crippen LogP) is 1.47. The second-order valence-corrected chi connectivity index (χ2v) is 8.07. The second kappa shape index (κ2) is 8.27. The number of sulfonamides is 1. The molecule has 1 heterocycles. The molecule has 25 heavy (non-hydrogen) atoms. The van der Waals surface area contributed by atoms with Crippen LogP contribution in [-0.4, -0.2) is 46.2 Å². The number of carbonyl (C=O) groups is 1. The van der Waals surface area contributed by atoms with Crippen molar-refractivity contribution in [2.24, 2.45) is 0 Å².